The van der Waals surface area contributed by atoms with E-state index in [0.29, 0.717) is 10.7 Å². The van der Waals surface area contributed by atoms with E-state index in [1.54, 1.807) is 11.6 Å². The molecular weight excluding hydrogens is 309 g/mol. The van der Waals surface area contributed by atoms with Crippen LogP contribution in [0.2, 0.25) is 0 Å². The van der Waals surface area contributed by atoms with Gasteiger partial charge in [0, 0.05) is 23.3 Å². The van der Waals surface area contributed by atoms with Gasteiger partial charge in [0.2, 0.25) is 0 Å². The van der Waals surface area contributed by atoms with E-state index in [0.717, 1.165) is 12.1 Å². The minimum atomic E-state index is -0.703. The quantitative estimate of drug-likeness (QED) is 0.588. The van der Waals surface area contributed by atoms with Crippen LogP contribution in [0, 0.1) is 5.82 Å². The highest BCUT2D eigenvalue weighted by molar-refractivity contribution is 7.15. The Bertz CT molecular complexity index is 919. The molecule has 3 aromatic rings. The number of anilines is 1. The number of hydrogen-bond acceptors (Lipinski definition) is 6. The van der Waals surface area contributed by atoms with Crippen LogP contribution >= 0.6 is 11.3 Å². The predicted octanol–water partition coefficient (Wildman–Crippen LogP) is 1.83. The molecule has 0 atom stereocenters. The molecule has 3 rings (SSSR count). The van der Waals surface area contributed by atoms with E-state index in [1.165, 1.54) is 27.9 Å². The number of esters is 1. The summed E-state index contributed by atoms with van der Waals surface area (Å²) in [5.74, 6) is -1.24. The summed E-state index contributed by atoms with van der Waals surface area (Å²) >= 11 is 1.30. The number of aromatic nitrogens is 2. The van der Waals surface area contributed by atoms with Crippen molar-refractivity contribution in [2.24, 2.45) is 0 Å². The summed E-state index contributed by atoms with van der Waals surface area (Å²) in [6.45, 7) is -0.167. The predicted molar refractivity (Wildman–Crippen MR) is 79.3 cm³/mol. The molecule has 0 fully saturated rings. The third-order valence-electron chi connectivity index (χ3n) is 2.94. The van der Waals surface area contributed by atoms with Crippen LogP contribution in [0.25, 0.3) is 4.96 Å². The third-order valence-corrected chi connectivity index (χ3v) is 3.70. The summed E-state index contributed by atoms with van der Waals surface area (Å²) in [6, 6.07) is 4.70. The van der Waals surface area contributed by atoms with Crippen LogP contribution in [0.4, 0.5) is 10.1 Å². The SMILES string of the molecule is Nc1cc(F)ccc1C(=O)OCc1cc(=O)n2ccsc2n1. The Hall–Kier alpha value is -2.74. The highest BCUT2D eigenvalue weighted by Crippen LogP contribution is 2.15. The van der Waals surface area contributed by atoms with E-state index in [-0.39, 0.29) is 23.4 Å². The highest BCUT2D eigenvalue weighted by Gasteiger charge is 2.13. The summed E-state index contributed by atoms with van der Waals surface area (Å²) in [5, 5.41) is 1.73. The normalized spacial score (nSPS) is 10.8. The Labute approximate surface area is 127 Å². The Morgan fingerprint density at radius 2 is 2.23 bits per heavy atom. The van der Waals surface area contributed by atoms with Gasteiger partial charge in [0.25, 0.3) is 5.56 Å². The van der Waals surface area contributed by atoms with E-state index in [2.05, 4.69) is 4.98 Å². The maximum absolute atomic E-state index is 12.9. The zero-order valence-corrected chi connectivity index (χ0v) is 12.0. The molecule has 1 aromatic carbocycles. The lowest BCUT2D eigenvalue weighted by Crippen LogP contribution is -2.15. The van der Waals surface area contributed by atoms with E-state index in [4.69, 9.17) is 10.5 Å². The molecule has 0 spiro atoms. The molecule has 2 aromatic heterocycles. The number of halogens is 1. The molecule has 8 heteroatoms. The monoisotopic (exact) mass is 319 g/mol. The molecule has 0 saturated carbocycles. The van der Waals surface area contributed by atoms with Crippen LogP contribution < -0.4 is 11.3 Å². The number of hydrogen-bond donors (Lipinski definition) is 1. The first-order chi connectivity index (χ1) is 10.5. The first-order valence-electron chi connectivity index (χ1n) is 6.22. The van der Waals surface area contributed by atoms with Crippen LogP contribution in [0.1, 0.15) is 16.1 Å². The van der Waals surface area contributed by atoms with Gasteiger partial charge in [-0.2, -0.15) is 0 Å². The van der Waals surface area contributed by atoms with Crippen molar-refractivity contribution < 1.29 is 13.9 Å². The third kappa shape index (κ3) is 2.68. The molecule has 0 bridgehead atoms. The van der Waals surface area contributed by atoms with Crippen molar-refractivity contribution in [1.82, 2.24) is 9.38 Å². The molecule has 0 unspecified atom stereocenters. The van der Waals surface area contributed by atoms with Gasteiger partial charge in [0.1, 0.15) is 12.4 Å². The lowest BCUT2D eigenvalue weighted by atomic mass is 10.2. The summed E-state index contributed by atoms with van der Waals surface area (Å²) in [6.07, 6.45) is 1.62. The van der Waals surface area contributed by atoms with E-state index in [9.17, 15) is 14.0 Å². The lowest BCUT2D eigenvalue weighted by Gasteiger charge is -2.06. The molecule has 0 aliphatic carbocycles. The number of thiazole rings is 1. The van der Waals surface area contributed by atoms with E-state index < -0.39 is 11.8 Å². The van der Waals surface area contributed by atoms with Gasteiger partial charge in [-0.3, -0.25) is 9.20 Å². The molecule has 0 aliphatic rings. The zero-order valence-electron chi connectivity index (χ0n) is 11.2. The first kappa shape index (κ1) is 14.2. The van der Waals surface area contributed by atoms with Gasteiger partial charge in [-0.15, -0.1) is 11.3 Å². The Balaban J connectivity index is 1.78. The molecule has 0 radical (unpaired) electrons. The highest BCUT2D eigenvalue weighted by atomic mass is 32.1. The molecule has 22 heavy (non-hydrogen) atoms. The van der Waals surface area contributed by atoms with E-state index >= 15 is 0 Å². The van der Waals surface area contributed by atoms with Gasteiger partial charge in [-0.25, -0.2) is 14.2 Å². The van der Waals surface area contributed by atoms with Gasteiger partial charge in [-0.05, 0) is 18.2 Å². The molecule has 2 heterocycles. The number of ether oxygens (including phenoxy) is 1. The number of carbonyl (C=O) groups excluding carboxylic acids is 1. The van der Waals surface area contributed by atoms with Crippen molar-refractivity contribution in [3.05, 3.63) is 63.3 Å². The van der Waals surface area contributed by atoms with Crippen molar-refractivity contribution in [1.29, 1.82) is 0 Å². The molecule has 0 amide bonds. The van der Waals surface area contributed by atoms with Gasteiger partial charge in [0.15, 0.2) is 4.96 Å². The zero-order chi connectivity index (χ0) is 15.7. The first-order valence-corrected chi connectivity index (χ1v) is 7.10. The molecule has 6 nitrogen and oxygen atoms in total. The van der Waals surface area contributed by atoms with Crippen LogP contribution in [0.3, 0.4) is 0 Å². The number of nitrogens with zero attached hydrogens (tertiary/aromatic N) is 2. The topological polar surface area (TPSA) is 86.7 Å². The summed E-state index contributed by atoms with van der Waals surface area (Å²) in [4.78, 5) is 28.4. The van der Waals surface area contributed by atoms with Gasteiger partial charge in [-0.1, -0.05) is 0 Å². The number of carbonyl (C=O) groups is 1. The van der Waals surface area contributed by atoms with E-state index in [1.807, 2.05) is 0 Å². The van der Waals surface area contributed by atoms with Crippen LogP contribution in [-0.2, 0) is 11.3 Å². The molecule has 2 N–H and O–H groups in total. The number of fused-ring (bicyclic) bond motifs is 1. The van der Waals surface area contributed by atoms with Crippen LogP contribution in [0.15, 0.2) is 40.6 Å². The van der Waals surface area contributed by atoms with Gasteiger partial charge < -0.3 is 10.5 Å². The van der Waals surface area contributed by atoms with Gasteiger partial charge in [0.05, 0.1) is 11.3 Å². The molecular formula is C14H10FN3O3S. The Morgan fingerprint density at radius 1 is 1.41 bits per heavy atom. The van der Waals surface area contributed by atoms with Crippen molar-refractivity contribution in [3.8, 4) is 0 Å². The van der Waals surface area contributed by atoms with Crippen molar-refractivity contribution in [2.75, 3.05) is 5.73 Å². The number of nitrogens with two attached hydrogens (primary N) is 1. The molecule has 112 valence electrons. The Kier molecular flexibility index (Phi) is 3.60. The minimum absolute atomic E-state index is 0.00765. The summed E-state index contributed by atoms with van der Waals surface area (Å²) < 4.78 is 19.4. The second-order valence-corrected chi connectivity index (χ2v) is 5.32. The number of benzene rings is 1. The fourth-order valence-electron chi connectivity index (χ4n) is 1.90. The maximum Gasteiger partial charge on any atom is 0.340 e. The number of nitrogen functional groups attached to an aromatic ring is 1. The smallest absolute Gasteiger partial charge is 0.340 e. The summed E-state index contributed by atoms with van der Waals surface area (Å²) in [5.41, 5.74) is 5.71. The second-order valence-electron chi connectivity index (χ2n) is 4.45. The van der Waals surface area contributed by atoms with Crippen LogP contribution in [0.5, 0.6) is 0 Å². The van der Waals surface area contributed by atoms with Crippen molar-refractivity contribution in [3.63, 3.8) is 0 Å². The van der Waals surface area contributed by atoms with Gasteiger partial charge >= 0.3 is 5.97 Å². The largest absolute Gasteiger partial charge is 0.456 e. The maximum atomic E-state index is 12.9. The average molecular weight is 319 g/mol. The molecule has 0 aliphatic heterocycles. The average Bonchev–Trinajstić information content (AvgIpc) is 2.93. The number of rotatable bonds is 3. The fraction of sp³-hybridized carbons (Fsp3) is 0.0714. The van der Waals surface area contributed by atoms with Crippen LogP contribution in [-0.4, -0.2) is 15.4 Å². The Morgan fingerprint density at radius 3 is 3.00 bits per heavy atom. The van der Waals surface area contributed by atoms with Crippen molar-refractivity contribution >= 4 is 28.0 Å². The standard InChI is InChI=1S/C14H10FN3O3S/c15-8-1-2-10(11(16)5-8)13(20)21-7-9-6-12(19)18-3-4-22-14(18)17-9/h1-6H,7,16H2. The summed E-state index contributed by atoms with van der Waals surface area (Å²) in [7, 11) is 0. The molecule has 0 saturated heterocycles. The minimum Gasteiger partial charge on any atom is -0.456 e. The van der Waals surface area contributed by atoms with Crippen molar-refractivity contribution in [2.45, 2.75) is 6.61 Å². The lowest BCUT2D eigenvalue weighted by molar-refractivity contribution is 0.0469. The second kappa shape index (κ2) is 5.57. The fourth-order valence-corrected chi connectivity index (χ4v) is 2.64.